The van der Waals surface area contributed by atoms with Gasteiger partial charge in [-0.15, -0.1) is 11.3 Å². The van der Waals surface area contributed by atoms with Crippen molar-refractivity contribution in [3.8, 4) is 5.75 Å². The van der Waals surface area contributed by atoms with Crippen LogP contribution in [0.25, 0.3) is 6.08 Å². The predicted molar refractivity (Wildman–Crippen MR) is 94.7 cm³/mol. The molecular weight excluding hydrogens is 378 g/mol. The molecule has 0 atom stereocenters. The summed E-state index contributed by atoms with van der Waals surface area (Å²) >= 11 is 4.91. The Bertz CT molecular complexity index is 751. The van der Waals surface area contributed by atoms with Crippen molar-refractivity contribution in [1.82, 2.24) is 0 Å². The van der Waals surface area contributed by atoms with Crippen LogP contribution in [0, 0.1) is 0 Å². The van der Waals surface area contributed by atoms with Crippen molar-refractivity contribution >= 4 is 50.9 Å². The molecule has 0 bridgehead atoms. The number of esters is 1. The van der Waals surface area contributed by atoms with Gasteiger partial charge in [0.05, 0.1) is 3.79 Å². The minimum atomic E-state index is -0.431. The Morgan fingerprint density at radius 3 is 2.61 bits per heavy atom. The number of carbonyl (C=O) groups excluding carboxylic acids is 2. The fourth-order valence-corrected chi connectivity index (χ4v) is 3.66. The Hall–Kier alpha value is -1.92. The first-order valence-electron chi connectivity index (χ1n) is 7.17. The van der Waals surface area contributed by atoms with Gasteiger partial charge in [-0.05, 0) is 64.8 Å². The highest BCUT2D eigenvalue weighted by Crippen LogP contribution is 2.25. The fraction of sp³-hybridized carbons (Fsp3) is 0.176. The molecule has 0 N–H and O–H groups in total. The number of benzene rings is 1. The van der Waals surface area contributed by atoms with Crippen molar-refractivity contribution in [3.05, 3.63) is 51.1 Å². The van der Waals surface area contributed by atoms with E-state index in [1.165, 1.54) is 17.4 Å². The number of hydrogen-bond donors (Lipinski definition) is 0. The first-order valence-corrected chi connectivity index (χ1v) is 8.78. The molecule has 0 aliphatic carbocycles. The van der Waals surface area contributed by atoms with E-state index in [0.717, 1.165) is 27.3 Å². The number of halogens is 1. The molecule has 1 fully saturated rings. The summed E-state index contributed by atoms with van der Waals surface area (Å²) in [6.45, 7) is 0.747. The van der Waals surface area contributed by atoms with Crippen LogP contribution in [0.2, 0.25) is 0 Å². The summed E-state index contributed by atoms with van der Waals surface area (Å²) in [5, 5.41) is 0. The van der Waals surface area contributed by atoms with Crippen LogP contribution >= 0.6 is 27.3 Å². The Balaban J connectivity index is 1.60. The molecule has 0 unspecified atom stereocenters. The van der Waals surface area contributed by atoms with Crippen LogP contribution in [-0.4, -0.2) is 18.4 Å². The van der Waals surface area contributed by atoms with Crippen LogP contribution in [0.1, 0.15) is 17.7 Å². The van der Waals surface area contributed by atoms with E-state index in [0.29, 0.717) is 12.2 Å². The molecular formula is C17H14BrNO3S. The molecule has 0 radical (unpaired) electrons. The van der Waals surface area contributed by atoms with Crippen molar-refractivity contribution < 1.29 is 14.3 Å². The van der Waals surface area contributed by atoms with E-state index >= 15 is 0 Å². The zero-order valence-corrected chi connectivity index (χ0v) is 14.6. The standard InChI is InChI=1S/C17H14BrNO3S/c18-15-9-7-14(23-15)8-10-17(21)22-13-5-3-12(4-6-13)19-11-1-2-16(19)20/h3-10H,1-2,11H2/b10-8+. The van der Waals surface area contributed by atoms with Gasteiger partial charge in [-0.3, -0.25) is 4.79 Å². The lowest BCUT2D eigenvalue weighted by molar-refractivity contribution is -0.128. The first kappa shape index (κ1) is 16.0. The molecule has 1 aromatic heterocycles. The number of anilines is 1. The SMILES string of the molecule is O=C(/C=C/c1ccc(Br)s1)Oc1ccc(N2CCCC2=O)cc1. The molecule has 1 saturated heterocycles. The second-order valence-corrected chi connectivity index (χ2v) is 7.53. The summed E-state index contributed by atoms with van der Waals surface area (Å²) in [4.78, 5) is 26.2. The van der Waals surface area contributed by atoms with Crippen LogP contribution in [0.5, 0.6) is 5.75 Å². The van der Waals surface area contributed by atoms with Gasteiger partial charge >= 0.3 is 5.97 Å². The predicted octanol–water partition coefficient (Wildman–Crippen LogP) is 4.26. The maximum absolute atomic E-state index is 11.8. The molecule has 4 nitrogen and oxygen atoms in total. The third-order valence-electron chi connectivity index (χ3n) is 3.42. The molecule has 118 valence electrons. The highest BCUT2D eigenvalue weighted by atomic mass is 79.9. The van der Waals surface area contributed by atoms with E-state index in [2.05, 4.69) is 15.9 Å². The molecule has 1 aliphatic heterocycles. The molecule has 6 heteroatoms. The summed E-state index contributed by atoms with van der Waals surface area (Å²) in [5.74, 6) is 0.168. The van der Waals surface area contributed by atoms with E-state index in [4.69, 9.17) is 4.74 Å². The number of carbonyl (C=O) groups is 2. The fourth-order valence-electron chi connectivity index (χ4n) is 2.33. The second kappa shape index (κ2) is 7.10. The van der Waals surface area contributed by atoms with Crippen LogP contribution in [0.3, 0.4) is 0 Å². The number of nitrogens with zero attached hydrogens (tertiary/aromatic N) is 1. The maximum Gasteiger partial charge on any atom is 0.336 e. The topological polar surface area (TPSA) is 46.6 Å². The van der Waals surface area contributed by atoms with E-state index < -0.39 is 5.97 Å². The van der Waals surface area contributed by atoms with Crippen LogP contribution in [-0.2, 0) is 9.59 Å². The molecule has 0 saturated carbocycles. The van der Waals surface area contributed by atoms with Crippen molar-refractivity contribution in [2.75, 3.05) is 11.4 Å². The van der Waals surface area contributed by atoms with Gasteiger partial charge in [0.25, 0.3) is 0 Å². The van der Waals surface area contributed by atoms with E-state index in [-0.39, 0.29) is 5.91 Å². The van der Waals surface area contributed by atoms with Gasteiger partial charge < -0.3 is 9.64 Å². The smallest absolute Gasteiger partial charge is 0.336 e. The quantitative estimate of drug-likeness (QED) is 0.444. The molecule has 1 aromatic carbocycles. The number of rotatable bonds is 4. The van der Waals surface area contributed by atoms with Crippen LogP contribution < -0.4 is 9.64 Å². The Morgan fingerprint density at radius 1 is 1.22 bits per heavy atom. The minimum Gasteiger partial charge on any atom is -0.423 e. The highest BCUT2D eigenvalue weighted by Gasteiger charge is 2.21. The van der Waals surface area contributed by atoms with Gasteiger partial charge in [0.1, 0.15) is 5.75 Å². The third-order valence-corrected chi connectivity index (χ3v) is 5.01. The normalized spacial score (nSPS) is 14.7. The van der Waals surface area contributed by atoms with Crippen molar-refractivity contribution in [1.29, 1.82) is 0 Å². The maximum atomic E-state index is 11.8. The molecule has 3 rings (SSSR count). The summed E-state index contributed by atoms with van der Waals surface area (Å²) in [5.41, 5.74) is 0.839. The van der Waals surface area contributed by atoms with E-state index in [1.807, 2.05) is 12.1 Å². The molecule has 1 amide bonds. The lowest BCUT2D eigenvalue weighted by Gasteiger charge is -2.15. The number of thiophene rings is 1. The molecule has 0 spiro atoms. The Kier molecular flexibility index (Phi) is 4.93. The van der Waals surface area contributed by atoms with Crippen molar-refractivity contribution in [2.24, 2.45) is 0 Å². The van der Waals surface area contributed by atoms with Crippen molar-refractivity contribution in [3.63, 3.8) is 0 Å². The third kappa shape index (κ3) is 4.09. The Morgan fingerprint density at radius 2 is 2.00 bits per heavy atom. The molecule has 2 heterocycles. The van der Waals surface area contributed by atoms with Gasteiger partial charge in [0.2, 0.25) is 5.91 Å². The van der Waals surface area contributed by atoms with Gasteiger partial charge in [0.15, 0.2) is 0 Å². The van der Waals surface area contributed by atoms with E-state index in [1.54, 1.807) is 35.2 Å². The zero-order chi connectivity index (χ0) is 16.2. The largest absolute Gasteiger partial charge is 0.423 e. The lowest BCUT2D eigenvalue weighted by atomic mass is 10.3. The number of hydrogen-bond acceptors (Lipinski definition) is 4. The van der Waals surface area contributed by atoms with Gasteiger partial charge in [-0.25, -0.2) is 4.79 Å². The van der Waals surface area contributed by atoms with Gasteiger partial charge in [-0.2, -0.15) is 0 Å². The first-order chi connectivity index (χ1) is 11.1. The summed E-state index contributed by atoms with van der Waals surface area (Å²) in [6.07, 6.45) is 4.60. The highest BCUT2D eigenvalue weighted by molar-refractivity contribution is 9.11. The molecule has 1 aliphatic rings. The summed E-state index contributed by atoms with van der Waals surface area (Å²) in [7, 11) is 0. The lowest BCUT2D eigenvalue weighted by Crippen LogP contribution is -2.23. The van der Waals surface area contributed by atoms with E-state index in [9.17, 15) is 9.59 Å². The van der Waals surface area contributed by atoms with Crippen LogP contribution in [0.15, 0.2) is 46.3 Å². The zero-order valence-electron chi connectivity index (χ0n) is 12.2. The van der Waals surface area contributed by atoms with Crippen molar-refractivity contribution in [2.45, 2.75) is 12.8 Å². The van der Waals surface area contributed by atoms with Gasteiger partial charge in [-0.1, -0.05) is 0 Å². The Labute approximate surface area is 146 Å². The number of ether oxygens (including phenoxy) is 1. The summed E-state index contributed by atoms with van der Waals surface area (Å²) < 4.78 is 6.26. The van der Waals surface area contributed by atoms with Crippen LogP contribution in [0.4, 0.5) is 5.69 Å². The molecule has 23 heavy (non-hydrogen) atoms. The molecule has 2 aromatic rings. The summed E-state index contributed by atoms with van der Waals surface area (Å²) in [6, 6.07) is 10.8. The average Bonchev–Trinajstić information content (AvgIpc) is 3.14. The van der Waals surface area contributed by atoms with Gasteiger partial charge in [0, 0.05) is 29.6 Å². The second-order valence-electron chi connectivity index (χ2n) is 5.04. The average molecular weight is 392 g/mol. The number of amides is 1. The minimum absolute atomic E-state index is 0.139. The monoisotopic (exact) mass is 391 g/mol.